The summed E-state index contributed by atoms with van der Waals surface area (Å²) in [5.74, 6) is -0.658. The second-order valence-corrected chi connectivity index (χ2v) is 3.74. The lowest BCUT2D eigenvalue weighted by molar-refractivity contribution is -0.121. The van der Waals surface area contributed by atoms with Crippen molar-refractivity contribution in [3.63, 3.8) is 0 Å². The number of phenolic OH excluding ortho intramolecular Hbond substituents is 1. The SMILES string of the molecule is CC(C)C(=O)CC(=O)c1ccccc1O. The molecule has 0 radical (unpaired) electrons. The summed E-state index contributed by atoms with van der Waals surface area (Å²) in [6.07, 6.45) is -0.144. The molecular formula is C12H14O3. The fourth-order valence-electron chi connectivity index (χ4n) is 1.17. The van der Waals surface area contributed by atoms with Crippen LogP contribution in [0.3, 0.4) is 0 Å². The molecule has 0 aromatic heterocycles. The van der Waals surface area contributed by atoms with E-state index < -0.39 is 0 Å². The third-order valence-electron chi connectivity index (χ3n) is 2.18. The Bertz CT molecular complexity index is 380. The van der Waals surface area contributed by atoms with Gasteiger partial charge in [-0.25, -0.2) is 0 Å². The van der Waals surface area contributed by atoms with Crippen molar-refractivity contribution in [3.05, 3.63) is 29.8 Å². The van der Waals surface area contributed by atoms with Crippen LogP contribution in [0.2, 0.25) is 0 Å². The molecule has 0 aliphatic rings. The van der Waals surface area contributed by atoms with Crippen LogP contribution in [0.25, 0.3) is 0 Å². The summed E-state index contributed by atoms with van der Waals surface area (Å²) in [7, 11) is 0. The van der Waals surface area contributed by atoms with Crippen molar-refractivity contribution in [2.45, 2.75) is 20.3 Å². The Morgan fingerprint density at radius 1 is 1.27 bits per heavy atom. The molecule has 0 heterocycles. The van der Waals surface area contributed by atoms with E-state index in [1.165, 1.54) is 12.1 Å². The van der Waals surface area contributed by atoms with Crippen molar-refractivity contribution in [1.29, 1.82) is 0 Å². The van der Waals surface area contributed by atoms with Gasteiger partial charge in [-0.3, -0.25) is 9.59 Å². The maximum Gasteiger partial charge on any atom is 0.173 e. The van der Waals surface area contributed by atoms with Gasteiger partial charge in [-0.05, 0) is 12.1 Å². The summed E-state index contributed by atoms with van der Waals surface area (Å²) in [5.41, 5.74) is 0.214. The van der Waals surface area contributed by atoms with Crippen LogP contribution in [-0.2, 0) is 4.79 Å². The van der Waals surface area contributed by atoms with Crippen molar-refractivity contribution in [1.82, 2.24) is 0 Å². The first-order valence-corrected chi connectivity index (χ1v) is 4.86. The highest BCUT2D eigenvalue weighted by Gasteiger charge is 2.16. The molecule has 0 saturated heterocycles. The molecule has 0 amide bonds. The maximum atomic E-state index is 11.6. The Morgan fingerprint density at radius 3 is 2.40 bits per heavy atom. The zero-order valence-corrected chi connectivity index (χ0v) is 8.86. The Kier molecular flexibility index (Phi) is 3.61. The molecule has 0 bridgehead atoms. The first-order chi connectivity index (χ1) is 7.02. The first-order valence-electron chi connectivity index (χ1n) is 4.86. The van der Waals surface area contributed by atoms with Gasteiger partial charge in [0.05, 0.1) is 12.0 Å². The largest absolute Gasteiger partial charge is 0.507 e. The first kappa shape index (κ1) is 11.4. The minimum atomic E-state index is -0.327. The normalized spacial score (nSPS) is 10.3. The number of para-hydroxylation sites is 1. The number of Topliss-reactive ketones (excluding diaryl/α,β-unsaturated/α-hetero) is 2. The number of benzene rings is 1. The Morgan fingerprint density at radius 2 is 1.87 bits per heavy atom. The molecule has 15 heavy (non-hydrogen) atoms. The van der Waals surface area contributed by atoms with Crippen LogP contribution in [0.1, 0.15) is 30.6 Å². The minimum absolute atomic E-state index is 0.0703. The van der Waals surface area contributed by atoms with Crippen LogP contribution in [-0.4, -0.2) is 16.7 Å². The monoisotopic (exact) mass is 206 g/mol. The standard InChI is InChI=1S/C12H14O3/c1-8(2)11(14)7-12(15)9-5-3-4-6-10(9)13/h3-6,8,13H,7H2,1-2H3. The van der Waals surface area contributed by atoms with Gasteiger partial charge in [0.15, 0.2) is 5.78 Å². The molecule has 1 N–H and O–H groups in total. The van der Waals surface area contributed by atoms with E-state index in [1.54, 1.807) is 26.0 Å². The molecule has 0 atom stereocenters. The number of phenols is 1. The van der Waals surface area contributed by atoms with Gasteiger partial charge in [0.25, 0.3) is 0 Å². The fourth-order valence-corrected chi connectivity index (χ4v) is 1.17. The number of aromatic hydroxyl groups is 1. The van der Waals surface area contributed by atoms with E-state index in [0.29, 0.717) is 0 Å². The second-order valence-electron chi connectivity index (χ2n) is 3.74. The lowest BCUT2D eigenvalue weighted by atomic mass is 9.99. The number of hydrogen-bond acceptors (Lipinski definition) is 3. The molecule has 3 nitrogen and oxygen atoms in total. The summed E-state index contributed by atoms with van der Waals surface area (Å²) in [6, 6.07) is 6.25. The van der Waals surface area contributed by atoms with Crippen LogP contribution in [0.4, 0.5) is 0 Å². The molecule has 1 rings (SSSR count). The van der Waals surface area contributed by atoms with Crippen LogP contribution < -0.4 is 0 Å². The van der Waals surface area contributed by atoms with Crippen LogP contribution >= 0.6 is 0 Å². The average molecular weight is 206 g/mol. The van der Waals surface area contributed by atoms with Gasteiger partial charge in [0.1, 0.15) is 11.5 Å². The lowest BCUT2D eigenvalue weighted by Gasteiger charge is -2.04. The van der Waals surface area contributed by atoms with Crippen LogP contribution in [0.5, 0.6) is 5.75 Å². The zero-order chi connectivity index (χ0) is 11.4. The highest BCUT2D eigenvalue weighted by Crippen LogP contribution is 2.18. The second kappa shape index (κ2) is 4.73. The third kappa shape index (κ3) is 2.91. The molecule has 3 heteroatoms. The van der Waals surface area contributed by atoms with Crippen molar-refractivity contribution in [2.24, 2.45) is 5.92 Å². The highest BCUT2D eigenvalue weighted by molar-refractivity contribution is 6.09. The summed E-state index contributed by atoms with van der Waals surface area (Å²) >= 11 is 0. The smallest absolute Gasteiger partial charge is 0.173 e. The van der Waals surface area contributed by atoms with Gasteiger partial charge < -0.3 is 5.11 Å². The average Bonchev–Trinajstić information content (AvgIpc) is 2.18. The minimum Gasteiger partial charge on any atom is -0.507 e. The lowest BCUT2D eigenvalue weighted by Crippen LogP contribution is -2.13. The van der Waals surface area contributed by atoms with Crippen molar-refractivity contribution >= 4 is 11.6 Å². The number of carbonyl (C=O) groups is 2. The fraction of sp³-hybridized carbons (Fsp3) is 0.333. The van der Waals surface area contributed by atoms with Crippen molar-refractivity contribution < 1.29 is 14.7 Å². The van der Waals surface area contributed by atoms with Crippen molar-refractivity contribution in [2.75, 3.05) is 0 Å². The molecule has 0 spiro atoms. The summed E-state index contributed by atoms with van der Waals surface area (Å²) in [5, 5.41) is 9.40. The van der Waals surface area contributed by atoms with Gasteiger partial charge in [-0.2, -0.15) is 0 Å². The number of rotatable bonds is 4. The van der Waals surface area contributed by atoms with Crippen LogP contribution in [0, 0.1) is 5.92 Å². The topological polar surface area (TPSA) is 54.4 Å². The van der Waals surface area contributed by atoms with E-state index in [2.05, 4.69) is 0 Å². The Hall–Kier alpha value is -1.64. The zero-order valence-electron chi connectivity index (χ0n) is 8.86. The van der Waals surface area contributed by atoms with Gasteiger partial charge in [-0.1, -0.05) is 26.0 Å². The molecule has 0 saturated carbocycles. The number of ketones is 2. The third-order valence-corrected chi connectivity index (χ3v) is 2.18. The molecule has 1 aromatic rings. The van der Waals surface area contributed by atoms with E-state index in [9.17, 15) is 14.7 Å². The predicted octanol–water partition coefficient (Wildman–Crippen LogP) is 2.19. The number of hydrogen-bond donors (Lipinski definition) is 1. The summed E-state index contributed by atoms with van der Waals surface area (Å²) in [6.45, 7) is 3.50. The molecule has 80 valence electrons. The van der Waals surface area contributed by atoms with E-state index in [4.69, 9.17) is 0 Å². The molecule has 0 unspecified atom stereocenters. The summed E-state index contributed by atoms with van der Waals surface area (Å²) in [4.78, 5) is 22.9. The molecule has 0 fully saturated rings. The maximum absolute atomic E-state index is 11.6. The molecular weight excluding hydrogens is 192 g/mol. The van der Waals surface area contributed by atoms with E-state index in [0.717, 1.165) is 0 Å². The van der Waals surface area contributed by atoms with E-state index in [1.807, 2.05) is 0 Å². The molecule has 0 aliphatic carbocycles. The van der Waals surface area contributed by atoms with E-state index >= 15 is 0 Å². The van der Waals surface area contributed by atoms with Gasteiger partial charge in [0, 0.05) is 5.92 Å². The Labute approximate surface area is 88.7 Å². The summed E-state index contributed by atoms with van der Waals surface area (Å²) < 4.78 is 0. The van der Waals surface area contributed by atoms with Gasteiger partial charge in [0.2, 0.25) is 0 Å². The van der Waals surface area contributed by atoms with Gasteiger partial charge >= 0.3 is 0 Å². The Balaban J connectivity index is 2.79. The molecule has 0 aliphatic heterocycles. The van der Waals surface area contributed by atoms with E-state index in [-0.39, 0.29) is 35.2 Å². The van der Waals surface area contributed by atoms with Gasteiger partial charge in [-0.15, -0.1) is 0 Å². The van der Waals surface area contributed by atoms with Crippen LogP contribution in [0.15, 0.2) is 24.3 Å². The number of carbonyl (C=O) groups excluding carboxylic acids is 2. The van der Waals surface area contributed by atoms with Crippen molar-refractivity contribution in [3.8, 4) is 5.75 Å². The quantitative estimate of drug-likeness (QED) is 0.607. The predicted molar refractivity (Wildman–Crippen MR) is 56.9 cm³/mol. The molecule has 1 aromatic carbocycles. The highest BCUT2D eigenvalue weighted by atomic mass is 16.3.